The van der Waals surface area contributed by atoms with Gasteiger partial charge < -0.3 is 14.7 Å². The number of rotatable bonds is 3. The van der Waals surface area contributed by atoms with Crippen LogP contribution in [0.4, 0.5) is 0 Å². The fourth-order valence-corrected chi connectivity index (χ4v) is 3.33. The zero-order valence-electron chi connectivity index (χ0n) is 13.1. The normalized spacial score (nSPS) is 30.4. The smallest absolute Gasteiger partial charge is 0.222 e. The molecule has 3 unspecified atom stereocenters. The highest BCUT2D eigenvalue weighted by Crippen LogP contribution is 2.34. The molecular weight excluding hydrogens is 254 g/mol. The van der Waals surface area contributed by atoms with E-state index in [2.05, 4.69) is 20.8 Å². The molecule has 4 nitrogen and oxygen atoms in total. The van der Waals surface area contributed by atoms with Crippen molar-refractivity contribution in [1.29, 1.82) is 0 Å². The van der Waals surface area contributed by atoms with E-state index in [4.69, 9.17) is 4.74 Å². The molecule has 20 heavy (non-hydrogen) atoms. The van der Waals surface area contributed by atoms with Crippen molar-refractivity contribution >= 4 is 5.91 Å². The number of β-amino-alcohol motifs (C(OH)–C–C–N with tert-alkyl or cyclic N) is 1. The van der Waals surface area contributed by atoms with Gasteiger partial charge in [0.25, 0.3) is 0 Å². The van der Waals surface area contributed by atoms with Gasteiger partial charge in [0.1, 0.15) is 0 Å². The SMILES string of the molecule is CC(C)(C)C1CCC(=O)N(CC(O)C2CCOC2)CC1. The molecule has 0 spiro atoms. The lowest BCUT2D eigenvalue weighted by molar-refractivity contribution is -0.132. The Bertz CT molecular complexity index is 331. The van der Waals surface area contributed by atoms with E-state index in [0.717, 1.165) is 32.4 Å². The molecule has 2 heterocycles. The van der Waals surface area contributed by atoms with Gasteiger partial charge in [-0.2, -0.15) is 0 Å². The summed E-state index contributed by atoms with van der Waals surface area (Å²) < 4.78 is 5.32. The molecule has 1 amide bonds. The molecule has 2 rings (SSSR count). The maximum Gasteiger partial charge on any atom is 0.222 e. The Morgan fingerprint density at radius 1 is 1.35 bits per heavy atom. The lowest BCUT2D eigenvalue weighted by Gasteiger charge is -2.30. The highest BCUT2D eigenvalue weighted by atomic mass is 16.5. The summed E-state index contributed by atoms with van der Waals surface area (Å²) in [6, 6.07) is 0. The summed E-state index contributed by atoms with van der Waals surface area (Å²) in [5, 5.41) is 10.3. The van der Waals surface area contributed by atoms with Gasteiger partial charge in [-0.25, -0.2) is 0 Å². The molecule has 1 N–H and O–H groups in total. The van der Waals surface area contributed by atoms with Crippen LogP contribution in [0.3, 0.4) is 0 Å². The Morgan fingerprint density at radius 3 is 2.70 bits per heavy atom. The lowest BCUT2D eigenvalue weighted by atomic mass is 9.77. The second-order valence-corrected chi connectivity index (χ2v) is 7.42. The molecule has 0 aromatic heterocycles. The van der Waals surface area contributed by atoms with E-state index >= 15 is 0 Å². The van der Waals surface area contributed by atoms with Crippen LogP contribution in [0, 0.1) is 17.3 Å². The van der Waals surface area contributed by atoms with Crippen molar-refractivity contribution in [2.24, 2.45) is 17.3 Å². The number of aliphatic hydroxyl groups excluding tert-OH is 1. The van der Waals surface area contributed by atoms with E-state index in [-0.39, 0.29) is 17.2 Å². The van der Waals surface area contributed by atoms with Gasteiger partial charge in [-0.15, -0.1) is 0 Å². The van der Waals surface area contributed by atoms with E-state index in [1.807, 2.05) is 4.90 Å². The molecule has 2 aliphatic heterocycles. The van der Waals surface area contributed by atoms with E-state index in [1.165, 1.54) is 0 Å². The van der Waals surface area contributed by atoms with E-state index in [9.17, 15) is 9.90 Å². The van der Waals surface area contributed by atoms with Crippen LogP contribution in [0.25, 0.3) is 0 Å². The molecule has 0 bridgehead atoms. The molecule has 0 aliphatic carbocycles. The fourth-order valence-electron chi connectivity index (χ4n) is 3.33. The van der Waals surface area contributed by atoms with Gasteiger partial charge in [-0.1, -0.05) is 20.8 Å². The van der Waals surface area contributed by atoms with Crippen molar-refractivity contribution in [1.82, 2.24) is 4.90 Å². The van der Waals surface area contributed by atoms with Crippen LogP contribution in [0.1, 0.15) is 46.5 Å². The molecule has 0 saturated carbocycles. The van der Waals surface area contributed by atoms with Crippen molar-refractivity contribution in [3.63, 3.8) is 0 Å². The van der Waals surface area contributed by atoms with Crippen LogP contribution in [0.2, 0.25) is 0 Å². The third kappa shape index (κ3) is 3.95. The van der Waals surface area contributed by atoms with Crippen LogP contribution in [-0.2, 0) is 9.53 Å². The first-order valence-electron chi connectivity index (χ1n) is 7.91. The standard InChI is InChI=1S/C16H29NO3/c1-16(2,3)13-4-5-15(19)17(8-6-13)10-14(18)12-7-9-20-11-12/h12-14,18H,4-11H2,1-3H3. The van der Waals surface area contributed by atoms with Crippen LogP contribution in [-0.4, -0.2) is 48.3 Å². The molecule has 0 radical (unpaired) electrons. The number of ether oxygens (including phenoxy) is 1. The molecule has 2 fully saturated rings. The molecule has 2 saturated heterocycles. The average Bonchev–Trinajstić information content (AvgIpc) is 2.82. The molecular formula is C16H29NO3. The molecule has 4 heteroatoms. The topological polar surface area (TPSA) is 49.8 Å². The van der Waals surface area contributed by atoms with Crippen molar-refractivity contribution < 1.29 is 14.6 Å². The molecule has 116 valence electrons. The van der Waals surface area contributed by atoms with Gasteiger partial charge >= 0.3 is 0 Å². The van der Waals surface area contributed by atoms with E-state index < -0.39 is 6.10 Å². The minimum absolute atomic E-state index is 0.199. The summed E-state index contributed by atoms with van der Waals surface area (Å²) in [5.41, 5.74) is 0.258. The molecule has 3 atom stereocenters. The van der Waals surface area contributed by atoms with Gasteiger partial charge in [-0.05, 0) is 30.6 Å². The maximum atomic E-state index is 12.2. The molecule has 0 aromatic rings. The second kappa shape index (κ2) is 6.44. The third-order valence-corrected chi connectivity index (χ3v) is 4.95. The van der Waals surface area contributed by atoms with E-state index in [1.54, 1.807) is 0 Å². The molecule has 0 aromatic carbocycles. The zero-order chi connectivity index (χ0) is 14.8. The summed E-state index contributed by atoms with van der Waals surface area (Å²) in [6.07, 6.45) is 3.11. The Balaban J connectivity index is 1.89. The number of nitrogens with zero attached hydrogens (tertiary/aromatic N) is 1. The quantitative estimate of drug-likeness (QED) is 0.862. The van der Waals surface area contributed by atoms with Crippen LogP contribution >= 0.6 is 0 Å². The van der Waals surface area contributed by atoms with Crippen LogP contribution < -0.4 is 0 Å². The predicted octanol–water partition coefficient (Wildman–Crippen LogP) is 2.06. The number of aliphatic hydroxyl groups is 1. The number of likely N-dealkylation sites (tertiary alicyclic amines) is 1. The minimum atomic E-state index is -0.437. The Kier molecular flexibility index (Phi) is 5.08. The average molecular weight is 283 g/mol. The monoisotopic (exact) mass is 283 g/mol. The van der Waals surface area contributed by atoms with Crippen LogP contribution in [0.15, 0.2) is 0 Å². The van der Waals surface area contributed by atoms with Gasteiger partial charge in [0.05, 0.1) is 12.7 Å². The Morgan fingerprint density at radius 2 is 2.10 bits per heavy atom. The van der Waals surface area contributed by atoms with Crippen molar-refractivity contribution in [3.8, 4) is 0 Å². The Labute approximate surface area is 122 Å². The molecule has 2 aliphatic rings. The highest BCUT2D eigenvalue weighted by molar-refractivity contribution is 5.76. The summed E-state index contributed by atoms with van der Waals surface area (Å²) in [6.45, 7) is 9.39. The van der Waals surface area contributed by atoms with Crippen LogP contribution in [0.5, 0.6) is 0 Å². The van der Waals surface area contributed by atoms with Gasteiger partial charge in [-0.3, -0.25) is 4.79 Å². The first-order valence-corrected chi connectivity index (χ1v) is 7.91. The number of carbonyl (C=O) groups excluding carboxylic acids is 1. The van der Waals surface area contributed by atoms with Gasteiger partial charge in [0.15, 0.2) is 0 Å². The van der Waals surface area contributed by atoms with Gasteiger partial charge in [0.2, 0.25) is 5.91 Å². The zero-order valence-corrected chi connectivity index (χ0v) is 13.1. The summed E-state index contributed by atoms with van der Waals surface area (Å²) in [5.74, 6) is 0.989. The first-order chi connectivity index (χ1) is 9.38. The van der Waals surface area contributed by atoms with E-state index in [0.29, 0.717) is 25.5 Å². The fraction of sp³-hybridized carbons (Fsp3) is 0.938. The predicted molar refractivity (Wildman–Crippen MR) is 78.3 cm³/mol. The number of carbonyl (C=O) groups is 1. The maximum absolute atomic E-state index is 12.2. The second-order valence-electron chi connectivity index (χ2n) is 7.42. The van der Waals surface area contributed by atoms with Crippen molar-refractivity contribution in [2.75, 3.05) is 26.3 Å². The largest absolute Gasteiger partial charge is 0.391 e. The van der Waals surface area contributed by atoms with Crippen molar-refractivity contribution in [3.05, 3.63) is 0 Å². The number of hydrogen-bond donors (Lipinski definition) is 1. The summed E-state index contributed by atoms with van der Waals surface area (Å²) >= 11 is 0. The highest BCUT2D eigenvalue weighted by Gasteiger charge is 2.32. The van der Waals surface area contributed by atoms with Gasteiger partial charge in [0, 0.05) is 32.0 Å². The number of hydrogen-bond acceptors (Lipinski definition) is 3. The summed E-state index contributed by atoms with van der Waals surface area (Å²) in [7, 11) is 0. The van der Waals surface area contributed by atoms with Crippen molar-refractivity contribution in [2.45, 2.75) is 52.6 Å². The third-order valence-electron chi connectivity index (χ3n) is 4.95. The minimum Gasteiger partial charge on any atom is -0.391 e. The first kappa shape index (κ1) is 15.8. The lowest BCUT2D eigenvalue weighted by Crippen LogP contribution is -2.40. The Hall–Kier alpha value is -0.610. The number of amides is 1. The summed E-state index contributed by atoms with van der Waals surface area (Å²) in [4.78, 5) is 14.1.